The van der Waals surface area contributed by atoms with Crippen LogP contribution in [0.25, 0.3) is 0 Å². The standard InChI is InChI=1S/C13H18ClN3O4S.ClH/c1-13(2)8-16(6-5-12(13)15)22(20,21)11-7-9(14)3-4-10(11)17(18)19;/h3-4,7,12H,5-6,8,15H2,1-2H3;1H. The van der Waals surface area contributed by atoms with Crippen LogP contribution in [-0.4, -0.2) is 36.8 Å². The summed E-state index contributed by atoms with van der Waals surface area (Å²) in [6, 6.07) is 3.41. The summed E-state index contributed by atoms with van der Waals surface area (Å²) in [5, 5.41) is 11.2. The van der Waals surface area contributed by atoms with Crippen LogP contribution < -0.4 is 5.73 Å². The molecule has 1 unspecified atom stereocenters. The van der Waals surface area contributed by atoms with Gasteiger partial charge in [0.25, 0.3) is 5.69 Å². The fourth-order valence-electron chi connectivity index (χ4n) is 2.51. The fourth-order valence-corrected chi connectivity index (χ4v) is 4.56. The first kappa shape index (κ1) is 20.1. The highest BCUT2D eigenvalue weighted by atomic mass is 35.5. The van der Waals surface area contributed by atoms with Crippen LogP contribution in [0.1, 0.15) is 20.3 Å². The second-order valence-corrected chi connectivity index (χ2v) is 8.43. The van der Waals surface area contributed by atoms with Crippen LogP contribution in [0.5, 0.6) is 0 Å². The van der Waals surface area contributed by atoms with E-state index >= 15 is 0 Å². The van der Waals surface area contributed by atoms with Gasteiger partial charge in [-0.25, -0.2) is 8.42 Å². The number of nitro benzene ring substituents is 1. The van der Waals surface area contributed by atoms with Gasteiger partial charge in [-0.2, -0.15) is 4.31 Å². The van der Waals surface area contributed by atoms with Gasteiger partial charge in [0.15, 0.2) is 4.90 Å². The number of halogens is 2. The largest absolute Gasteiger partial charge is 0.327 e. The van der Waals surface area contributed by atoms with Crippen molar-refractivity contribution in [1.82, 2.24) is 4.31 Å². The Morgan fingerprint density at radius 3 is 2.57 bits per heavy atom. The minimum atomic E-state index is -4.00. The van der Waals surface area contributed by atoms with Gasteiger partial charge in [0.2, 0.25) is 10.0 Å². The van der Waals surface area contributed by atoms with Crippen LogP contribution in [0.2, 0.25) is 5.02 Å². The van der Waals surface area contributed by atoms with Crippen molar-refractivity contribution in [1.29, 1.82) is 0 Å². The van der Waals surface area contributed by atoms with Gasteiger partial charge in [0.1, 0.15) is 0 Å². The number of benzene rings is 1. The summed E-state index contributed by atoms with van der Waals surface area (Å²) in [7, 11) is -4.00. The molecular weight excluding hydrogens is 365 g/mol. The molecule has 1 aliphatic rings. The van der Waals surface area contributed by atoms with Crippen LogP contribution in [0.3, 0.4) is 0 Å². The van der Waals surface area contributed by atoms with Crippen molar-refractivity contribution >= 4 is 39.7 Å². The minimum Gasteiger partial charge on any atom is -0.327 e. The lowest BCUT2D eigenvalue weighted by atomic mass is 9.81. The van der Waals surface area contributed by atoms with E-state index in [1.165, 1.54) is 10.4 Å². The third kappa shape index (κ3) is 3.95. The Kier molecular flexibility index (Phi) is 6.04. The lowest BCUT2D eigenvalue weighted by Gasteiger charge is -2.41. The Labute approximate surface area is 146 Å². The molecule has 0 radical (unpaired) electrons. The molecule has 0 amide bonds. The summed E-state index contributed by atoms with van der Waals surface area (Å²) in [5.74, 6) is 0. The SMILES string of the molecule is CC1(C)CN(S(=O)(=O)c2cc(Cl)ccc2[N+](=O)[O-])CCC1N.Cl. The summed E-state index contributed by atoms with van der Waals surface area (Å²) in [6.07, 6.45) is 0.501. The predicted molar refractivity (Wildman–Crippen MR) is 90.5 cm³/mol. The molecule has 2 rings (SSSR count). The normalized spacial score (nSPS) is 21.5. The van der Waals surface area contributed by atoms with Crippen LogP contribution >= 0.6 is 24.0 Å². The zero-order valence-electron chi connectivity index (χ0n) is 12.7. The van der Waals surface area contributed by atoms with E-state index in [4.69, 9.17) is 17.3 Å². The van der Waals surface area contributed by atoms with E-state index < -0.39 is 26.0 Å². The van der Waals surface area contributed by atoms with Crippen molar-refractivity contribution in [2.45, 2.75) is 31.2 Å². The maximum absolute atomic E-state index is 12.8. The third-order valence-corrected chi connectivity index (χ3v) is 6.12. The second-order valence-electron chi connectivity index (χ2n) is 6.09. The highest BCUT2D eigenvalue weighted by Gasteiger charge is 2.40. The van der Waals surface area contributed by atoms with Crippen molar-refractivity contribution in [2.75, 3.05) is 13.1 Å². The molecule has 0 saturated carbocycles. The number of nitro groups is 1. The van der Waals surface area contributed by atoms with Crippen LogP contribution in [-0.2, 0) is 10.0 Å². The Morgan fingerprint density at radius 1 is 1.43 bits per heavy atom. The zero-order chi connectivity index (χ0) is 16.7. The number of piperidine rings is 1. The Balaban J connectivity index is 0.00000264. The quantitative estimate of drug-likeness (QED) is 0.636. The summed E-state index contributed by atoms with van der Waals surface area (Å²) in [6.45, 7) is 4.20. The zero-order valence-corrected chi connectivity index (χ0v) is 15.1. The molecule has 1 aromatic carbocycles. The average molecular weight is 384 g/mol. The minimum absolute atomic E-state index is 0. The molecule has 1 heterocycles. The Morgan fingerprint density at radius 2 is 2.04 bits per heavy atom. The Bertz CT molecular complexity index is 709. The van der Waals surface area contributed by atoms with E-state index in [9.17, 15) is 18.5 Å². The maximum atomic E-state index is 12.8. The molecule has 23 heavy (non-hydrogen) atoms. The molecule has 1 saturated heterocycles. The highest BCUT2D eigenvalue weighted by Crippen LogP contribution is 2.34. The van der Waals surface area contributed by atoms with Gasteiger partial charge in [-0.05, 0) is 24.0 Å². The first-order valence-corrected chi connectivity index (χ1v) is 8.57. The maximum Gasteiger partial charge on any atom is 0.289 e. The molecular formula is C13H19Cl2N3O4S. The van der Waals surface area contributed by atoms with Gasteiger partial charge in [-0.15, -0.1) is 12.4 Å². The van der Waals surface area contributed by atoms with Crippen molar-refractivity contribution in [3.8, 4) is 0 Å². The summed E-state index contributed by atoms with van der Waals surface area (Å²) >= 11 is 5.82. The summed E-state index contributed by atoms with van der Waals surface area (Å²) in [5.41, 5.74) is 5.13. The van der Waals surface area contributed by atoms with E-state index in [1.54, 1.807) is 0 Å². The molecule has 10 heteroatoms. The molecule has 1 aromatic rings. The van der Waals surface area contributed by atoms with Crippen molar-refractivity contribution < 1.29 is 13.3 Å². The van der Waals surface area contributed by atoms with Gasteiger partial charge in [0.05, 0.1) is 4.92 Å². The van der Waals surface area contributed by atoms with Crippen molar-refractivity contribution in [3.63, 3.8) is 0 Å². The van der Waals surface area contributed by atoms with Gasteiger partial charge in [-0.3, -0.25) is 10.1 Å². The number of nitrogens with zero attached hydrogens (tertiary/aromatic N) is 2. The molecule has 2 N–H and O–H groups in total. The van der Waals surface area contributed by atoms with Crippen LogP contribution in [0, 0.1) is 15.5 Å². The average Bonchev–Trinajstić information content (AvgIpc) is 2.41. The fraction of sp³-hybridized carbons (Fsp3) is 0.538. The predicted octanol–water partition coefficient (Wildman–Crippen LogP) is 2.42. The van der Waals surface area contributed by atoms with Crippen LogP contribution in [0.4, 0.5) is 5.69 Å². The highest BCUT2D eigenvalue weighted by molar-refractivity contribution is 7.89. The third-order valence-electron chi connectivity index (χ3n) is 4.01. The lowest BCUT2D eigenvalue weighted by molar-refractivity contribution is -0.387. The molecule has 0 aromatic heterocycles. The monoisotopic (exact) mass is 383 g/mol. The van der Waals surface area contributed by atoms with Gasteiger partial charge in [0, 0.05) is 30.2 Å². The summed E-state index contributed by atoms with van der Waals surface area (Å²) < 4.78 is 26.8. The molecule has 1 atom stereocenters. The summed E-state index contributed by atoms with van der Waals surface area (Å²) in [4.78, 5) is 10.0. The first-order valence-electron chi connectivity index (χ1n) is 6.75. The number of hydrogen-bond donors (Lipinski definition) is 1. The lowest BCUT2D eigenvalue weighted by Crippen LogP contribution is -2.53. The van der Waals surface area contributed by atoms with Crippen molar-refractivity contribution in [2.24, 2.45) is 11.1 Å². The van der Waals surface area contributed by atoms with E-state index in [0.717, 1.165) is 12.1 Å². The van der Waals surface area contributed by atoms with E-state index in [-0.39, 0.29) is 41.5 Å². The topological polar surface area (TPSA) is 107 Å². The Hall–Kier alpha value is -0.930. The smallest absolute Gasteiger partial charge is 0.289 e. The van der Waals surface area contributed by atoms with E-state index in [0.29, 0.717) is 6.42 Å². The number of hydrogen-bond acceptors (Lipinski definition) is 5. The number of rotatable bonds is 3. The molecule has 0 spiro atoms. The first-order chi connectivity index (χ1) is 10.1. The van der Waals surface area contributed by atoms with Gasteiger partial charge < -0.3 is 5.73 Å². The van der Waals surface area contributed by atoms with Gasteiger partial charge >= 0.3 is 0 Å². The second kappa shape index (κ2) is 6.90. The molecule has 1 fully saturated rings. The molecule has 7 nitrogen and oxygen atoms in total. The number of sulfonamides is 1. The molecule has 0 aliphatic carbocycles. The molecule has 130 valence electrons. The van der Waals surface area contributed by atoms with Crippen molar-refractivity contribution in [3.05, 3.63) is 33.3 Å². The molecule has 0 bridgehead atoms. The van der Waals surface area contributed by atoms with Gasteiger partial charge in [-0.1, -0.05) is 25.4 Å². The van der Waals surface area contributed by atoms with Crippen LogP contribution in [0.15, 0.2) is 23.1 Å². The van der Waals surface area contributed by atoms with E-state index in [2.05, 4.69) is 0 Å². The van der Waals surface area contributed by atoms with E-state index in [1.807, 2.05) is 13.8 Å². The molecule has 1 aliphatic heterocycles. The number of nitrogens with two attached hydrogens (primary N) is 1.